The molecule has 1 heterocycles. The van der Waals surface area contributed by atoms with E-state index in [0.717, 1.165) is 0 Å². The van der Waals surface area contributed by atoms with Crippen LogP contribution < -0.4 is 5.32 Å². The molecule has 1 rings (SSSR count). The van der Waals surface area contributed by atoms with Crippen LogP contribution in [0, 0.1) is 11.3 Å². The van der Waals surface area contributed by atoms with Crippen LogP contribution in [-0.4, -0.2) is 27.1 Å². The van der Waals surface area contributed by atoms with E-state index in [1.807, 2.05) is 6.07 Å². The molecular weight excluding hydrogens is 184 g/mol. The molecule has 2 N–H and O–H groups in total. The summed E-state index contributed by atoms with van der Waals surface area (Å²) >= 11 is 0. The number of aromatic nitrogens is 2. The fourth-order valence-electron chi connectivity index (χ4n) is 0.744. The lowest BCUT2D eigenvalue weighted by Gasteiger charge is -2.08. The number of nitrogens with zero attached hydrogens (tertiary/aromatic N) is 3. The van der Waals surface area contributed by atoms with Crippen molar-refractivity contribution in [3.63, 3.8) is 0 Å². The van der Waals surface area contributed by atoms with Crippen LogP contribution in [0.4, 0.5) is 5.82 Å². The molecule has 0 aromatic carbocycles. The maximum Gasteiger partial charge on any atom is 0.325 e. The van der Waals surface area contributed by atoms with Crippen LogP contribution in [-0.2, 0) is 4.79 Å². The summed E-state index contributed by atoms with van der Waals surface area (Å²) in [6, 6.07) is 1.07. The van der Waals surface area contributed by atoms with Gasteiger partial charge in [-0.05, 0) is 6.92 Å². The molecule has 0 aliphatic carbocycles. The lowest BCUT2D eigenvalue weighted by atomic mass is 10.3. The zero-order valence-electron chi connectivity index (χ0n) is 7.43. The molecular formula is C8H8N4O2. The van der Waals surface area contributed by atoms with E-state index < -0.39 is 12.0 Å². The van der Waals surface area contributed by atoms with Crippen molar-refractivity contribution in [1.82, 2.24) is 9.97 Å². The second-order valence-corrected chi connectivity index (χ2v) is 2.60. The standard InChI is InChI=1S/C8H8N4O2/c1-5(8(13)14)12-7-4-10-6(2-9)3-11-7/h3-5H,1H3,(H,11,12)(H,13,14). The van der Waals surface area contributed by atoms with E-state index in [1.165, 1.54) is 19.3 Å². The van der Waals surface area contributed by atoms with E-state index in [-0.39, 0.29) is 5.69 Å². The lowest BCUT2D eigenvalue weighted by Crippen LogP contribution is -2.25. The first-order chi connectivity index (χ1) is 6.63. The van der Waals surface area contributed by atoms with Crippen LogP contribution in [0.25, 0.3) is 0 Å². The minimum atomic E-state index is -0.976. The summed E-state index contributed by atoms with van der Waals surface area (Å²) in [4.78, 5) is 18.0. The van der Waals surface area contributed by atoms with E-state index in [9.17, 15) is 4.79 Å². The van der Waals surface area contributed by atoms with Gasteiger partial charge in [0, 0.05) is 0 Å². The molecule has 1 atom stereocenters. The predicted molar refractivity (Wildman–Crippen MR) is 47.5 cm³/mol. The topological polar surface area (TPSA) is 98.9 Å². The van der Waals surface area contributed by atoms with Gasteiger partial charge in [-0.3, -0.25) is 4.79 Å². The third-order valence-corrected chi connectivity index (χ3v) is 1.50. The van der Waals surface area contributed by atoms with Crippen LogP contribution in [0.15, 0.2) is 12.4 Å². The summed E-state index contributed by atoms with van der Waals surface area (Å²) in [6.45, 7) is 1.49. The van der Waals surface area contributed by atoms with Crippen molar-refractivity contribution in [2.75, 3.05) is 5.32 Å². The summed E-state index contributed by atoms with van der Waals surface area (Å²) in [5, 5.41) is 19.6. The second-order valence-electron chi connectivity index (χ2n) is 2.60. The Balaban J connectivity index is 2.70. The molecule has 1 unspecified atom stereocenters. The van der Waals surface area contributed by atoms with Gasteiger partial charge in [-0.15, -0.1) is 0 Å². The third-order valence-electron chi connectivity index (χ3n) is 1.50. The lowest BCUT2D eigenvalue weighted by molar-refractivity contribution is -0.137. The number of carbonyl (C=O) groups is 1. The SMILES string of the molecule is CC(Nc1cnc(C#N)cn1)C(=O)O. The Kier molecular flexibility index (Phi) is 2.97. The highest BCUT2D eigenvalue weighted by Crippen LogP contribution is 2.02. The van der Waals surface area contributed by atoms with Crippen molar-refractivity contribution in [3.8, 4) is 6.07 Å². The molecule has 0 spiro atoms. The van der Waals surface area contributed by atoms with Gasteiger partial charge in [0.2, 0.25) is 0 Å². The fraction of sp³-hybridized carbons (Fsp3) is 0.250. The van der Waals surface area contributed by atoms with Gasteiger partial charge in [0.1, 0.15) is 17.9 Å². The van der Waals surface area contributed by atoms with Crippen molar-refractivity contribution in [3.05, 3.63) is 18.1 Å². The molecule has 14 heavy (non-hydrogen) atoms. The van der Waals surface area contributed by atoms with Gasteiger partial charge in [-0.1, -0.05) is 0 Å². The quantitative estimate of drug-likeness (QED) is 0.711. The number of nitrogens with one attached hydrogen (secondary N) is 1. The molecule has 6 heteroatoms. The van der Waals surface area contributed by atoms with Crippen molar-refractivity contribution in [2.45, 2.75) is 13.0 Å². The van der Waals surface area contributed by atoms with Gasteiger partial charge in [0.05, 0.1) is 12.4 Å². The predicted octanol–water partition coefficient (Wildman–Crippen LogP) is 0.233. The Morgan fingerprint density at radius 2 is 2.36 bits per heavy atom. The highest BCUT2D eigenvalue weighted by Gasteiger charge is 2.10. The number of hydrogen-bond donors (Lipinski definition) is 2. The Labute approximate surface area is 80.2 Å². The van der Waals surface area contributed by atoms with Crippen molar-refractivity contribution in [2.24, 2.45) is 0 Å². The maximum atomic E-state index is 10.5. The number of rotatable bonds is 3. The highest BCUT2D eigenvalue weighted by molar-refractivity contribution is 5.76. The molecule has 1 aromatic heterocycles. The van der Waals surface area contributed by atoms with Crippen molar-refractivity contribution < 1.29 is 9.90 Å². The summed E-state index contributed by atoms with van der Waals surface area (Å²) in [7, 11) is 0. The molecule has 0 aliphatic heterocycles. The van der Waals surface area contributed by atoms with Crippen LogP contribution in [0.3, 0.4) is 0 Å². The number of nitriles is 1. The number of carboxylic acids is 1. The van der Waals surface area contributed by atoms with E-state index in [0.29, 0.717) is 5.82 Å². The summed E-state index contributed by atoms with van der Waals surface area (Å²) in [6.07, 6.45) is 2.59. The minimum Gasteiger partial charge on any atom is -0.480 e. The first-order valence-corrected chi connectivity index (χ1v) is 3.85. The van der Waals surface area contributed by atoms with Gasteiger partial charge in [0.25, 0.3) is 0 Å². The van der Waals surface area contributed by atoms with Gasteiger partial charge in [0.15, 0.2) is 5.69 Å². The zero-order valence-corrected chi connectivity index (χ0v) is 7.43. The molecule has 0 amide bonds. The minimum absolute atomic E-state index is 0.193. The van der Waals surface area contributed by atoms with Gasteiger partial charge < -0.3 is 10.4 Å². The van der Waals surface area contributed by atoms with Crippen molar-refractivity contribution >= 4 is 11.8 Å². The molecule has 0 bridgehead atoms. The maximum absolute atomic E-state index is 10.5. The Bertz CT molecular complexity index is 368. The van der Waals surface area contributed by atoms with Gasteiger partial charge in [-0.25, -0.2) is 9.97 Å². The Morgan fingerprint density at radius 3 is 2.79 bits per heavy atom. The second kappa shape index (κ2) is 4.18. The van der Waals surface area contributed by atoms with E-state index >= 15 is 0 Å². The average Bonchev–Trinajstić information content (AvgIpc) is 2.19. The largest absolute Gasteiger partial charge is 0.480 e. The first-order valence-electron chi connectivity index (χ1n) is 3.85. The number of hydrogen-bond acceptors (Lipinski definition) is 5. The molecule has 0 saturated heterocycles. The number of carboxylic acid groups (broad SMARTS) is 1. The Hall–Kier alpha value is -2.16. The van der Waals surface area contributed by atoms with Crippen LogP contribution in [0.1, 0.15) is 12.6 Å². The van der Waals surface area contributed by atoms with E-state index in [4.69, 9.17) is 10.4 Å². The van der Waals surface area contributed by atoms with Crippen molar-refractivity contribution in [1.29, 1.82) is 5.26 Å². The molecule has 6 nitrogen and oxygen atoms in total. The summed E-state index contributed by atoms with van der Waals surface area (Å²) in [5.74, 6) is -0.643. The Morgan fingerprint density at radius 1 is 1.64 bits per heavy atom. The molecule has 0 aliphatic rings. The third kappa shape index (κ3) is 2.42. The molecule has 72 valence electrons. The smallest absolute Gasteiger partial charge is 0.325 e. The first kappa shape index (κ1) is 9.92. The molecule has 0 saturated carbocycles. The summed E-state index contributed by atoms with van der Waals surface area (Å²) in [5.41, 5.74) is 0.193. The molecule has 1 aromatic rings. The number of aliphatic carboxylic acids is 1. The van der Waals surface area contributed by atoms with E-state index in [1.54, 1.807) is 0 Å². The van der Waals surface area contributed by atoms with Gasteiger partial charge in [-0.2, -0.15) is 5.26 Å². The zero-order chi connectivity index (χ0) is 10.6. The number of anilines is 1. The molecule has 0 fully saturated rings. The normalized spacial score (nSPS) is 11.4. The average molecular weight is 192 g/mol. The van der Waals surface area contributed by atoms with E-state index in [2.05, 4.69) is 15.3 Å². The highest BCUT2D eigenvalue weighted by atomic mass is 16.4. The van der Waals surface area contributed by atoms with Crippen LogP contribution in [0.5, 0.6) is 0 Å². The van der Waals surface area contributed by atoms with Gasteiger partial charge >= 0.3 is 5.97 Å². The molecule has 0 radical (unpaired) electrons. The fourth-order valence-corrected chi connectivity index (χ4v) is 0.744. The van der Waals surface area contributed by atoms with Crippen LogP contribution in [0.2, 0.25) is 0 Å². The summed E-state index contributed by atoms with van der Waals surface area (Å²) < 4.78 is 0. The van der Waals surface area contributed by atoms with Crippen LogP contribution >= 0.6 is 0 Å². The monoisotopic (exact) mass is 192 g/mol.